The van der Waals surface area contributed by atoms with E-state index >= 15 is 0 Å². The molecule has 3 aliphatic rings. The van der Waals surface area contributed by atoms with Gasteiger partial charge in [-0.1, -0.05) is 0 Å². The van der Waals surface area contributed by atoms with E-state index in [0.29, 0.717) is 6.42 Å². The highest BCUT2D eigenvalue weighted by molar-refractivity contribution is 5.04. The van der Waals surface area contributed by atoms with Gasteiger partial charge < -0.3 is 44.8 Å². The van der Waals surface area contributed by atoms with Gasteiger partial charge in [0.25, 0.3) is 0 Å². The molecule has 3 rings (SSSR count). The van der Waals surface area contributed by atoms with Gasteiger partial charge in [0, 0.05) is 18.4 Å². The van der Waals surface area contributed by atoms with Crippen molar-refractivity contribution in [1.82, 2.24) is 0 Å². The van der Waals surface area contributed by atoms with Gasteiger partial charge in [-0.2, -0.15) is 0 Å². The Kier molecular flexibility index (Phi) is 5.42. The quantitative estimate of drug-likeness (QED) is 0.318. The van der Waals surface area contributed by atoms with E-state index in [1.165, 1.54) is 6.26 Å². The second-order valence-electron chi connectivity index (χ2n) is 6.56. The molecule has 10 atom stereocenters. The van der Waals surface area contributed by atoms with Crippen LogP contribution in [-0.4, -0.2) is 87.0 Å². The summed E-state index contributed by atoms with van der Waals surface area (Å²) in [7, 11) is 0. The van der Waals surface area contributed by atoms with Crippen molar-refractivity contribution in [2.45, 2.75) is 49.5 Å². The second-order valence-corrected chi connectivity index (χ2v) is 6.56. The van der Waals surface area contributed by atoms with Gasteiger partial charge in [-0.25, -0.2) is 0 Å². The van der Waals surface area contributed by atoms with Gasteiger partial charge in [-0.15, -0.1) is 0 Å². The summed E-state index contributed by atoms with van der Waals surface area (Å²) < 4.78 is 16.4. The van der Waals surface area contributed by atoms with Crippen LogP contribution >= 0.6 is 0 Å². The first-order valence-corrected chi connectivity index (χ1v) is 8.05. The van der Waals surface area contributed by atoms with Crippen molar-refractivity contribution in [1.29, 1.82) is 0 Å². The molecule has 0 amide bonds. The number of rotatable bonds is 4. The maximum Gasteiger partial charge on any atom is 0.205 e. The van der Waals surface area contributed by atoms with Gasteiger partial charge in [-0.3, -0.25) is 0 Å². The summed E-state index contributed by atoms with van der Waals surface area (Å²) in [6.45, 7) is -0.797. The molecule has 4 unspecified atom stereocenters. The Balaban J connectivity index is 1.73. The molecule has 0 aromatic carbocycles. The van der Waals surface area contributed by atoms with Crippen LogP contribution in [0.5, 0.6) is 0 Å². The van der Waals surface area contributed by atoms with Crippen molar-refractivity contribution >= 4 is 0 Å². The Labute approximate surface area is 138 Å². The first kappa shape index (κ1) is 18.0. The topological polar surface area (TPSA) is 149 Å². The molecule has 2 heterocycles. The summed E-state index contributed by atoms with van der Waals surface area (Å²) in [4.78, 5) is 0. The van der Waals surface area contributed by atoms with Gasteiger partial charge in [0.1, 0.15) is 24.4 Å². The Hall–Kier alpha value is -0.780. The molecule has 1 saturated heterocycles. The standard InChI is InChI=1S/C15H24O9/c16-4-7-8(18)3-6-1-2-22-14(10(6)7)24-15-13(21)12(20)11(19)9(5-17)23-15/h1-2,6-21H,3-5H2/t6?,7-,8-,9?,10?,11+,12?,13-,14-,15+/m0/s1. The van der Waals surface area contributed by atoms with E-state index < -0.39 is 55.6 Å². The normalized spacial score (nSPS) is 51.2. The zero-order chi connectivity index (χ0) is 17.4. The Morgan fingerprint density at radius 3 is 2.38 bits per heavy atom. The zero-order valence-corrected chi connectivity index (χ0v) is 13.0. The molecule has 2 aliphatic heterocycles. The molecule has 9 nitrogen and oxygen atoms in total. The van der Waals surface area contributed by atoms with Crippen molar-refractivity contribution in [3.05, 3.63) is 12.3 Å². The predicted octanol–water partition coefficient (Wildman–Crippen LogP) is -2.72. The van der Waals surface area contributed by atoms with Crippen LogP contribution in [-0.2, 0) is 14.2 Å². The molecule has 0 radical (unpaired) electrons. The molecule has 0 aromatic heterocycles. The van der Waals surface area contributed by atoms with Crippen LogP contribution in [0.4, 0.5) is 0 Å². The molecular weight excluding hydrogens is 324 g/mol. The minimum Gasteiger partial charge on any atom is -0.472 e. The molecule has 138 valence electrons. The monoisotopic (exact) mass is 348 g/mol. The van der Waals surface area contributed by atoms with Crippen LogP contribution in [0.15, 0.2) is 12.3 Å². The summed E-state index contributed by atoms with van der Waals surface area (Å²) >= 11 is 0. The predicted molar refractivity (Wildman–Crippen MR) is 77.0 cm³/mol. The molecule has 1 saturated carbocycles. The lowest BCUT2D eigenvalue weighted by Crippen LogP contribution is -2.60. The summed E-state index contributed by atoms with van der Waals surface area (Å²) in [6.07, 6.45) is -4.87. The Morgan fingerprint density at radius 2 is 1.71 bits per heavy atom. The van der Waals surface area contributed by atoms with Gasteiger partial charge in [0.05, 0.1) is 19.0 Å². The number of allylic oxidation sites excluding steroid dienone is 1. The van der Waals surface area contributed by atoms with Crippen molar-refractivity contribution < 1.29 is 44.8 Å². The van der Waals surface area contributed by atoms with Crippen LogP contribution in [0.3, 0.4) is 0 Å². The zero-order valence-electron chi connectivity index (χ0n) is 13.0. The van der Waals surface area contributed by atoms with E-state index in [0.717, 1.165) is 0 Å². The molecule has 2 fully saturated rings. The van der Waals surface area contributed by atoms with Crippen LogP contribution < -0.4 is 0 Å². The number of ether oxygens (including phenoxy) is 3. The third-order valence-electron chi connectivity index (χ3n) is 5.18. The minimum atomic E-state index is -1.54. The van der Waals surface area contributed by atoms with Gasteiger partial charge in [0.15, 0.2) is 6.29 Å². The minimum absolute atomic E-state index is 0.0548. The van der Waals surface area contributed by atoms with Crippen molar-refractivity contribution in [2.75, 3.05) is 13.2 Å². The SMILES string of the molecule is OCC1O[C@H](O[C@@H]2OC=CC3C[C@H](O)[C@H](CO)C32)[C@@H](O)C(O)[C@@H]1O. The maximum absolute atomic E-state index is 10.1. The molecule has 9 heteroatoms. The largest absolute Gasteiger partial charge is 0.472 e. The van der Waals surface area contributed by atoms with Crippen LogP contribution in [0, 0.1) is 17.8 Å². The smallest absolute Gasteiger partial charge is 0.205 e. The molecule has 24 heavy (non-hydrogen) atoms. The van der Waals surface area contributed by atoms with E-state index in [-0.39, 0.29) is 18.4 Å². The molecule has 6 N–H and O–H groups in total. The lowest BCUT2D eigenvalue weighted by molar-refractivity contribution is -0.342. The molecule has 1 aliphatic carbocycles. The van der Waals surface area contributed by atoms with E-state index in [4.69, 9.17) is 14.2 Å². The number of aliphatic hydroxyl groups is 6. The summed E-state index contributed by atoms with van der Waals surface area (Å²) in [5.41, 5.74) is 0. The fourth-order valence-electron chi connectivity index (χ4n) is 3.79. The molecule has 0 aromatic rings. The lowest BCUT2D eigenvalue weighted by Gasteiger charge is -2.42. The molecule has 0 spiro atoms. The van der Waals surface area contributed by atoms with Crippen LogP contribution in [0.2, 0.25) is 0 Å². The number of aliphatic hydroxyl groups excluding tert-OH is 6. The van der Waals surface area contributed by atoms with Gasteiger partial charge >= 0.3 is 0 Å². The average molecular weight is 348 g/mol. The van der Waals surface area contributed by atoms with Crippen LogP contribution in [0.25, 0.3) is 0 Å². The highest BCUT2D eigenvalue weighted by Crippen LogP contribution is 2.44. The van der Waals surface area contributed by atoms with E-state index in [9.17, 15) is 30.6 Å². The fourth-order valence-corrected chi connectivity index (χ4v) is 3.79. The summed E-state index contributed by atoms with van der Waals surface area (Å²) in [5.74, 6) is -0.849. The Morgan fingerprint density at radius 1 is 0.958 bits per heavy atom. The van der Waals surface area contributed by atoms with E-state index in [2.05, 4.69) is 0 Å². The van der Waals surface area contributed by atoms with E-state index in [1.54, 1.807) is 6.08 Å². The van der Waals surface area contributed by atoms with Crippen molar-refractivity contribution in [3.63, 3.8) is 0 Å². The third kappa shape index (κ3) is 3.06. The van der Waals surface area contributed by atoms with Gasteiger partial charge in [-0.05, 0) is 18.4 Å². The molecular formula is C15H24O9. The number of hydrogen-bond acceptors (Lipinski definition) is 9. The second kappa shape index (κ2) is 7.22. The maximum atomic E-state index is 10.1. The first-order valence-electron chi connectivity index (χ1n) is 8.05. The highest BCUT2D eigenvalue weighted by Gasteiger charge is 2.51. The third-order valence-corrected chi connectivity index (χ3v) is 5.18. The van der Waals surface area contributed by atoms with Crippen molar-refractivity contribution in [2.24, 2.45) is 17.8 Å². The summed E-state index contributed by atoms with van der Waals surface area (Å²) in [6, 6.07) is 0. The summed E-state index contributed by atoms with van der Waals surface area (Å²) in [5, 5.41) is 58.5. The fraction of sp³-hybridized carbons (Fsp3) is 0.867. The molecule has 0 bridgehead atoms. The van der Waals surface area contributed by atoms with Gasteiger partial charge in [0.2, 0.25) is 6.29 Å². The van der Waals surface area contributed by atoms with Crippen LogP contribution in [0.1, 0.15) is 6.42 Å². The Bertz CT molecular complexity index is 456. The average Bonchev–Trinajstić information content (AvgIpc) is 2.91. The first-order chi connectivity index (χ1) is 11.5. The van der Waals surface area contributed by atoms with Crippen molar-refractivity contribution in [3.8, 4) is 0 Å². The van der Waals surface area contributed by atoms with E-state index in [1.807, 2.05) is 0 Å². The lowest BCUT2D eigenvalue weighted by atomic mass is 9.87. The number of hydrogen-bond donors (Lipinski definition) is 6. The highest BCUT2D eigenvalue weighted by atomic mass is 16.8. The number of fused-ring (bicyclic) bond motifs is 1.